The molecule has 1 rings (SSSR count). The van der Waals surface area contributed by atoms with Crippen LogP contribution in [0.4, 0.5) is 0 Å². The van der Waals surface area contributed by atoms with E-state index < -0.39 is 83.2 Å². The van der Waals surface area contributed by atoms with Gasteiger partial charge < -0.3 is 66.3 Å². The van der Waals surface area contributed by atoms with Crippen molar-refractivity contribution in [3.63, 3.8) is 0 Å². The Morgan fingerprint density at radius 3 is 1.05 bits per heavy atom. The van der Waals surface area contributed by atoms with E-state index in [1.165, 1.54) is 0 Å². The predicted molar refractivity (Wildman–Crippen MR) is 104 cm³/mol. The van der Waals surface area contributed by atoms with Crippen molar-refractivity contribution in [1.29, 1.82) is 0 Å². The van der Waals surface area contributed by atoms with Gasteiger partial charge in [-0.25, -0.2) is 31.9 Å². The van der Waals surface area contributed by atoms with E-state index in [4.69, 9.17) is 19.6 Å². The topological polar surface area (TPSA) is 421 Å². The van der Waals surface area contributed by atoms with Crippen LogP contribution in [0.15, 0.2) is 0 Å². The molecule has 0 amide bonds. The van der Waals surface area contributed by atoms with Crippen molar-refractivity contribution in [2.75, 3.05) is 0 Å². The maximum Gasteiger partial charge on any atom is 1.00 e. The summed E-state index contributed by atoms with van der Waals surface area (Å²) >= 11 is 0. The second kappa shape index (κ2) is 13.5. The average Bonchev–Trinajstić information content (AvgIpc) is 2.56. The minimum atomic E-state index is -6.59. The minimum Gasteiger partial charge on any atom is -1.00 e. The molecule has 7 unspecified atom stereocenters. The molecule has 0 aromatic heterocycles. The quantitative estimate of drug-likeness (QED) is 0.0507. The largest absolute Gasteiger partial charge is 1.00 e. The maximum atomic E-state index is 12.0. The van der Waals surface area contributed by atoms with Gasteiger partial charge in [-0.05, 0) is 0 Å². The monoisotopic (exact) mass is 716 g/mol. The van der Waals surface area contributed by atoms with Crippen LogP contribution in [0.2, 0.25) is 0 Å². The van der Waals surface area contributed by atoms with Gasteiger partial charge in [-0.2, -0.15) is 21.6 Å². The van der Waals surface area contributed by atoms with Crippen molar-refractivity contribution in [2.24, 2.45) is 0 Å². The van der Waals surface area contributed by atoms with E-state index in [2.05, 4.69) is 26.1 Å². The van der Waals surface area contributed by atoms with Gasteiger partial charge in [0.05, 0.1) is 0 Å². The van der Waals surface area contributed by atoms with Crippen molar-refractivity contribution < 1.29 is 171 Å². The zero-order valence-corrected chi connectivity index (χ0v) is 26.3. The summed E-state index contributed by atoms with van der Waals surface area (Å²) in [5.74, 6) is -3.96. The third-order valence-corrected chi connectivity index (χ3v) is 12.3. The van der Waals surface area contributed by atoms with Gasteiger partial charge in [0.2, 0.25) is 5.79 Å². The molecule has 0 aromatic rings. The maximum absolute atomic E-state index is 12.0. The Kier molecular flexibility index (Phi) is 14.3. The van der Waals surface area contributed by atoms with Crippen LogP contribution in [0.25, 0.3) is 0 Å². The number of aliphatic hydroxyl groups is 6. The van der Waals surface area contributed by atoms with Crippen LogP contribution < -0.4 is 51.4 Å². The molecule has 1 fully saturated rings. The molecule has 13 N–H and O–H groups in total. The summed E-state index contributed by atoms with van der Waals surface area (Å²) < 4.78 is 88.7. The van der Waals surface area contributed by atoms with Gasteiger partial charge in [0, 0.05) is 0 Å². The van der Waals surface area contributed by atoms with E-state index in [-0.39, 0.29) is 52.8 Å². The van der Waals surface area contributed by atoms with Crippen LogP contribution in [-0.4, -0.2) is 101 Å². The third-order valence-electron chi connectivity index (χ3n) is 3.49. The molecule has 0 bridgehead atoms. The van der Waals surface area contributed by atoms with Crippen molar-refractivity contribution in [2.45, 2.75) is 36.3 Å². The van der Waals surface area contributed by atoms with Crippen molar-refractivity contribution >= 4 is 46.9 Å². The van der Waals surface area contributed by atoms with Crippen molar-refractivity contribution in [1.82, 2.24) is 0 Å². The first kappa shape index (κ1) is 40.3. The zero-order chi connectivity index (χ0) is 29.6. The molecule has 38 heavy (non-hydrogen) atoms. The first-order valence-corrected chi connectivity index (χ1v) is 17.1. The number of hydrogen-bond donors (Lipinski definition) is 13. The SMILES string of the molecule is O=P(O)(O)OP(=O)(O)OP(=O)(O)OP(=O)(O)OP(=O)(O)OP(=O)(O)OC1(O)[C@H](O)[C@H](O)C(O)[C@H](O)[C@H]1O.[H-].[K+]. The molecule has 0 heterocycles. The summed E-state index contributed by atoms with van der Waals surface area (Å²) in [4.78, 5) is 62.9. The summed E-state index contributed by atoms with van der Waals surface area (Å²) in [5, 5.41) is 57.9. The molecule has 25 nitrogen and oxygen atoms in total. The van der Waals surface area contributed by atoms with Gasteiger partial charge in [0.1, 0.15) is 30.5 Å². The van der Waals surface area contributed by atoms with Crippen molar-refractivity contribution in [3.8, 4) is 0 Å². The number of rotatable bonds is 12. The fourth-order valence-electron chi connectivity index (χ4n) is 2.26. The van der Waals surface area contributed by atoms with E-state index >= 15 is 0 Å². The molecule has 224 valence electrons. The number of aliphatic hydroxyl groups excluding tert-OH is 5. The van der Waals surface area contributed by atoms with Gasteiger partial charge in [0.15, 0.2) is 0 Å². The number of phosphoric acid groups is 6. The fraction of sp³-hybridized carbons (Fsp3) is 1.00. The molecule has 1 saturated carbocycles. The summed E-state index contributed by atoms with van der Waals surface area (Å²) in [5.41, 5.74) is 0. The summed E-state index contributed by atoms with van der Waals surface area (Å²) in [7, 11) is -38.3. The van der Waals surface area contributed by atoms with Crippen LogP contribution in [-0.2, 0) is 53.5 Å². The molecule has 0 aliphatic heterocycles. The molecular weight excluding hydrogens is 697 g/mol. The second-order valence-electron chi connectivity index (χ2n) is 6.45. The summed E-state index contributed by atoms with van der Waals surface area (Å²) in [6, 6.07) is 0. The second-order valence-corrected chi connectivity index (χ2v) is 15.6. The fourth-order valence-corrected chi connectivity index (χ4v) is 9.78. The van der Waals surface area contributed by atoms with Crippen LogP contribution >= 0.6 is 46.9 Å². The minimum absolute atomic E-state index is 0. The first-order chi connectivity index (χ1) is 16.0. The Hall–Kier alpha value is 2.26. The Morgan fingerprint density at radius 2 is 0.763 bits per heavy atom. The molecule has 0 aromatic carbocycles. The predicted octanol–water partition coefficient (Wildman–Crippen LogP) is -6.70. The third kappa shape index (κ3) is 12.1. The molecule has 1 aliphatic carbocycles. The zero-order valence-electron chi connectivity index (χ0n) is 18.8. The van der Waals surface area contributed by atoms with Crippen LogP contribution in [0.1, 0.15) is 1.43 Å². The Balaban J connectivity index is 0. The summed E-state index contributed by atoms with van der Waals surface area (Å²) in [6.45, 7) is 0. The van der Waals surface area contributed by atoms with E-state index in [1.807, 2.05) is 0 Å². The molecule has 32 heteroatoms. The Labute approximate surface area is 252 Å². The molecule has 11 atom stereocenters. The normalized spacial score (nSPS) is 36.4. The average molecular weight is 716 g/mol. The first-order valence-electron chi connectivity index (χ1n) is 8.13. The number of hydrogen-bond acceptors (Lipinski definition) is 18. The van der Waals surface area contributed by atoms with Crippen LogP contribution in [0.3, 0.4) is 0 Å². The number of phosphoric ester groups is 1. The van der Waals surface area contributed by atoms with Gasteiger partial charge in [0.25, 0.3) is 0 Å². The van der Waals surface area contributed by atoms with E-state index in [1.54, 1.807) is 0 Å². The van der Waals surface area contributed by atoms with E-state index in [9.17, 15) is 72.7 Å². The van der Waals surface area contributed by atoms with Gasteiger partial charge >= 0.3 is 98.3 Å². The van der Waals surface area contributed by atoms with Crippen LogP contribution in [0.5, 0.6) is 0 Å². The van der Waals surface area contributed by atoms with E-state index in [0.29, 0.717) is 0 Å². The molecule has 0 radical (unpaired) electrons. The molecule has 0 saturated heterocycles. The standard InChI is InChI=1S/C6H18O25P6.K.H/c7-1-2(8)4(10)6(12,5(11)3(1)9)26-33(16,17)28-35(20,21)30-37(24,25)31-36(22,23)29-34(18,19)27-32(13,14)15;;/h1-5,7-12H,(H,16,17)(H,18,19)(H,20,21)(H,22,23)(H,24,25)(H2,13,14,15);;/q;+1;-1/t1?,2-,3+,4-,5-,6?;;/m1../s1. The Bertz CT molecular complexity index is 1120. The van der Waals surface area contributed by atoms with Crippen LogP contribution in [0, 0.1) is 0 Å². The van der Waals surface area contributed by atoms with Gasteiger partial charge in [-0.15, -0.1) is 0 Å². The molecule has 0 spiro atoms. The Morgan fingerprint density at radius 1 is 0.500 bits per heavy atom. The molecule has 1 aliphatic rings. The van der Waals surface area contributed by atoms with Gasteiger partial charge in [-0.3, -0.25) is 0 Å². The smallest absolute Gasteiger partial charge is 1.00 e. The van der Waals surface area contributed by atoms with E-state index in [0.717, 1.165) is 0 Å². The van der Waals surface area contributed by atoms with Crippen molar-refractivity contribution in [3.05, 3.63) is 0 Å². The summed E-state index contributed by atoms with van der Waals surface area (Å²) in [6.07, 6.45) is -13.5. The molecular formula is C6H19KO25P6. The van der Waals surface area contributed by atoms with Gasteiger partial charge in [-0.1, -0.05) is 0 Å².